The number of hydrogen-bond donors (Lipinski definition) is 1. The first kappa shape index (κ1) is 13.9. The molecule has 1 N–H and O–H groups in total. The van der Waals surface area contributed by atoms with Gasteiger partial charge in [-0.05, 0) is 49.2 Å². The number of hydrogen-bond acceptors (Lipinski definition) is 2. The number of para-hydroxylation sites is 1. The summed E-state index contributed by atoms with van der Waals surface area (Å²) in [6.07, 6.45) is 0. The lowest BCUT2D eigenvalue weighted by Gasteiger charge is -2.08. The summed E-state index contributed by atoms with van der Waals surface area (Å²) in [5.74, 6) is 0.0711. The van der Waals surface area contributed by atoms with Crippen molar-refractivity contribution in [1.29, 1.82) is 0 Å². The molecule has 0 atom stereocenters. The van der Waals surface area contributed by atoms with E-state index in [0.29, 0.717) is 11.3 Å². The van der Waals surface area contributed by atoms with Gasteiger partial charge in [-0.1, -0.05) is 34.1 Å². The maximum absolute atomic E-state index is 12.3. The van der Waals surface area contributed by atoms with Gasteiger partial charge in [0.05, 0.1) is 0 Å². The van der Waals surface area contributed by atoms with Crippen molar-refractivity contribution in [1.82, 2.24) is 0 Å². The Balaban J connectivity index is 1.89. The second kappa shape index (κ2) is 5.37. The lowest BCUT2D eigenvalue weighted by Crippen LogP contribution is -2.11. The van der Waals surface area contributed by atoms with Crippen molar-refractivity contribution in [3.63, 3.8) is 0 Å². The van der Waals surface area contributed by atoms with Crippen LogP contribution in [0.4, 0.5) is 5.69 Å². The molecule has 1 amide bonds. The number of fused-ring (bicyclic) bond motifs is 1. The van der Waals surface area contributed by atoms with E-state index in [-0.39, 0.29) is 5.91 Å². The molecular formula is C17H14BrNO2. The van der Waals surface area contributed by atoms with E-state index < -0.39 is 0 Å². The molecule has 0 bridgehead atoms. The van der Waals surface area contributed by atoms with Gasteiger partial charge in [-0.2, -0.15) is 0 Å². The number of carbonyl (C=O) groups is 1. The Morgan fingerprint density at radius 1 is 1.10 bits per heavy atom. The van der Waals surface area contributed by atoms with Crippen LogP contribution in [0.2, 0.25) is 0 Å². The standard InChI is InChI=1S/C17H14BrNO2/c1-10-7-13(8-11(2)16(10)18)19-17(20)15-9-12-5-3-4-6-14(12)21-15/h3-9H,1-2H3,(H,19,20). The van der Waals surface area contributed by atoms with E-state index in [1.165, 1.54) is 0 Å². The third-order valence-corrected chi connectivity index (χ3v) is 4.59. The largest absolute Gasteiger partial charge is 0.451 e. The van der Waals surface area contributed by atoms with Crippen LogP contribution >= 0.6 is 15.9 Å². The van der Waals surface area contributed by atoms with Gasteiger partial charge >= 0.3 is 0 Å². The van der Waals surface area contributed by atoms with E-state index in [0.717, 1.165) is 26.7 Å². The fourth-order valence-corrected chi connectivity index (χ4v) is 2.53. The number of amides is 1. The zero-order chi connectivity index (χ0) is 15.0. The van der Waals surface area contributed by atoms with Crippen molar-refractivity contribution in [3.05, 3.63) is 63.8 Å². The quantitative estimate of drug-likeness (QED) is 0.706. The number of rotatable bonds is 2. The highest BCUT2D eigenvalue weighted by Gasteiger charge is 2.13. The molecule has 3 nitrogen and oxygen atoms in total. The Bertz CT molecular complexity index is 780. The SMILES string of the molecule is Cc1cc(NC(=O)c2cc3ccccc3o2)cc(C)c1Br. The maximum atomic E-state index is 12.3. The van der Waals surface area contributed by atoms with Crippen LogP contribution in [-0.4, -0.2) is 5.91 Å². The number of furan rings is 1. The van der Waals surface area contributed by atoms with Gasteiger partial charge in [0.15, 0.2) is 5.76 Å². The van der Waals surface area contributed by atoms with Crippen LogP contribution in [0.1, 0.15) is 21.7 Å². The molecule has 21 heavy (non-hydrogen) atoms. The summed E-state index contributed by atoms with van der Waals surface area (Å²) in [5, 5.41) is 3.80. The van der Waals surface area contributed by atoms with Crippen molar-refractivity contribution in [2.75, 3.05) is 5.32 Å². The molecule has 0 saturated heterocycles. The van der Waals surface area contributed by atoms with Gasteiger partial charge < -0.3 is 9.73 Å². The minimum atomic E-state index is -0.243. The number of benzene rings is 2. The first-order valence-electron chi connectivity index (χ1n) is 6.61. The first-order chi connectivity index (χ1) is 10.0. The smallest absolute Gasteiger partial charge is 0.291 e. The Kier molecular flexibility index (Phi) is 3.55. The molecule has 0 saturated carbocycles. The van der Waals surface area contributed by atoms with Crippen LogP contribution in [-0.2, 0) is 0 Å². The summed E-state index contributed by atoms with van der Waals surface area (Å²) in [6.45, 7) is 3.99. The van der Waals surface area contributed by atoms with Gasteiger partial charge in [0.2, 0.25) is 0 Å². The molecule has 1 heterocycles. The molecule has 0 aliphatic rings. The topological polar surface area (TPSA) is 42.2 Å². The summed E-state index contributed by atoms with van der Waals surface area (Å²) in [6, 6.07) is 13.2. The van der Waals surface area contributed by atoms with Gasteiger partial charge in [0.1, 0.15) is 5.58 Å². The fraction of sp³-hybridized carbons (Fsp3) is 0.118. The molecule has 106 valence electrons. The highest BCUT2D eigenvalue weighted by molar-refractivity contribution is 9.10. The molecule has 3 aromatic rings. The lowest BCUT2D eigenvalue weighted by molar-refractivity contribution is 0.0998. The second-order valence-corrected chi connectivity index (χ2v) is 5.82. The Morgan fingerprint density at radius 2 is 1.76 bits per heavy atom. The Morgan fingerprint density at radius 3 is 2.43 bits per heavy atom. The highest BCUT2D eigenvalue weighted by Crippen LogP contribution is 2.26. The molecule has 3 rings (SSSR count). The van der Waals surface area contributed by atoms with Crippen molar-refractivity contribution >= 4 is 38.5 Å². The van der Waals surface area contributed by atoms with Crippen molar-refractivity contribution in [3.8, 4) is 0 Å². The van der Waals surface area contributed by atoms with Gasteiger partial charge in [0, 0.05) is 15.5 Å². The highest BCUT2D eigenvalue weighted by atomic mass is 79.9. The van der Waals surface area contributed by atoms with E-state index >= 15 is 0 Å². The number of halogens is 1. The van der Waals surface area contributed by atoms with Crippen molar-refractivity contribution in [2.24, 2.45) is 0 Å². The third kappa shape index (κ3) is 2.72. The molecular weight excluding hydrogens is 330 g/mol. The number of carbonyl (C=O) groups excluding carboxylic acids is 1. The predicted molar refractivity (Wildman–Crippen MR) is 87.8 cm³/mol. The molecule has 0 aliphatic heterocycles. The third-order valence-electron chi connectivity index (χ3n) is 3.34. The van der Waals surface area contributed by atoms with Crippen molar-refractivity contribution < 1.29 is 9.21 Å². The van der Waals surface area contributed by atoms with Crippen LogP contribution in [0.3, 0.4) is 0 Å². The van der Waals surface area contributed by atoms with E-state index in [1.807, 2.05) is 50.2 Å². The van der Waals surface area contributed by atoms with Gasteiger partial charge in [-0.3, -0.25) is 4.79 Å². The van der Waals surface area contributed by atoms with Crippen LogP contribution in [0.25, 0.3) is 11.0 Å². The number of anilines is 1. The normalized spacial score (nSPS) is 10.8. The van der Waals surface area contributed by atoms with E-state index in [2.05, 4.69) is 21.2 Å². The molecule has 0 spiro atoms. The summed E-state index contributed by atoms with van der Waals surface area (Å²) >= 11 is 3.52. The van der Waals surface area contributed by atoms with E-state index in [4.69, 9.17) is 4.42 Å². The summed E-state index contributed by atoms with van der Waals surface area (Å²) in [7, 11) is 0. The molecule has 0 unspecified atom stereocenters. The fourth-order valence-electron chi connectivity index (χ4n) is 2.30. The zero-order valence-corrected chi connectivity index (χ0v) is 13.3. The summed E-state index contributed by atoms with van der Waals surface area (Å²) in [5.41, 5.74) is 3.63. The number of aryl methyl sites for hydroxylation is 2. The number of nitrogens with one attached hydrogen (secondary N) is 1. The van der Waals surface area contributed by atoms with Gasteiger partial charge in [-0.25, -0.2) is 0 Å². The van der Waals surface area contributed by atoms with Crippen LogP contribution in [0, 0.1) is 13.8 Å². The van der Waals surface area contributed by atoms with E-state index in [1.54, 1.807) is 6.07 Å². The summed E-state index contributed by atoms with van der Waals surface area (Å²) in [4.78, 5) is 12.3. The second-order valence-electron chi connectivity index (χ2n) is 5.03. The van der Waals surface area contributed by atoms with Gasteiger partial charge in [-0.15, -0.1) is 0 Å². The molecule has 4 heteroatoms. The average Bonchev–Trinajstić information content (AvgIpc) is 2.88. The Hall–Kier alpha value is -2.07. The zero-order valence-electron chi connectivity index (χ0n) is 11.7. The Labute approximate surface area is 131 Å². The minimum absolute atomic E-state index is 0.243. The van der Waals surface area contributed by atoms with Crippen LogP contribution in [0.5, 0.6) is 0 Å². The van der Waals surface area contributed by atoms with Crippen molar-refractivity contribution in [2.45, 2.75) is 13.8 Å². The predicted octanol–water partition coefficient (Wildman–Crippen LogP) is 5.06. The molecule has 1 aromatic heterocycles. The maximum Gasteiger partial charge on any atom is 0.291 e. The molecule has 0 aliphatic carbocycles. The average molecular weight is 344 g/mol. The van der Waals surface area contributed by atoms with Gasteiger partial charge in [0.25, 0.3) is 5.91 Å². The lowest BCUT2D eigenvalue weighted by atomic mass is 10.1. The first-order valence-corrected chi connectivity index (χ1v) is 7.40. The summed E-state index contributed by atoms with van der Waals surface area (Å²) < 4.78 is 6.62. The van der Waals surface area contributed by atoms with E-state index in [9.17, 15) is 4.79 Å². The monoisotopic (exact) mass is 343 g/mol. The molecule has 0 radical (unpaired) electrons. The molecule has 2 aromatic carbocycles. The minimum Gasteiger partial charge on any atom is -0.451 e. The van der Waals surface area contributed by atoms with Crippen LogP contribution in [0.15, 0.2) is 51.4 Å². The molecule has 0 fully saturated rings. The van der Waals surface area contributed by atoms with Crippen LogP contribution < -0.4 is 5.32 Å².